The number of ketones is 2. The highest BCUT2D eigenvalue weighted by Gasteiger charge is 2.55. The van der Waals surface area contributed by atoms with E-state index in [1.807, 2.05) is 13.8 Å². The van der Waals surface area contributed by atoms with Crippen LogP contribution in [0.15, 0.2) is 36.0 Å². The molecule has 7 atom stereocenters. The molecular weight excluding hydrogens is 518 g/mol. The molecule has 10 nitrogen and oxygen atoms in total. The van der Waals surface area contributed by atoms with E-state index in [1.165, 1.54) is 18.2 Å². The van der Waals surface area contributed by atoms with Gasteiger partial charge in [0.2, 0.25) is 18.3 Å². The van der Waals surface area contributed by atoms with E-state index in [0.29, 0.717) is 17.5 Å². The number of carbonyl (C=O) groups excluding carboxylic acids is 3. The number of phenols is 1. The summed E-state index contributed by atoms with van der Waals surface area (Å²) in [5.41, 5.74) is 1.42. The predicted octanol–water partition coefficient (Wildman–Crippen LogP) is 3.01. The van der Waals surface area contributed by atoms with Gasteiger partial charge in [0.05, 0.1) is 23.3 Å². The highest BCUT2D eigenvalue weighted by Crippen LogP contribution is 2.53. The molecule has 0 spiro atoms. The Morgan fingerprint density at radius 3 is 2.58 bits per heavy atom. The molecule has 0 saturated carbocycles. The number of rotatable bonds is 4. The third-order valence-corrected chi connectivity index (χ3v) is 8.38. The number of Topliss-reactive ketones (excluding diaryl/α,β-unsaturated/α-hetero) is 2. The van der Waals surface area contributed by atoms with Crippen molar-refractivity contribution >= 4 is 23.1 Å². The van der Waals surface area contributed by atoms with Gasteiger partial charge in [0.15, 0.2) is 5.78 Å². The van der Waals surface area contributed by atoms with Crippen LogP contribution in [0.25, 0.3) is 5.57 Å². The van der Waals surface area contributed by atoms with Gasteiger partial charge in [-0.2, -0.15) is 0 Å². The molecule has 3 aliphatic heterocycles. The molecule has 0 amide bonds. The van der Waals surface area contributed by atoms with Crippen LogP contribution in [0.3, 0.4) is 0 Å². The second-order valence-corrected chi connectivity index (χ2v) is 11.0. The summed E-state index contributed by atoms with van der Waals surface area (Å²) in [5, 5.41) is 31.3. The van der Waals surface area contributed by atoms with Gasteiger partial charge in [-0.15, -0.1) is 0 Å². The molecule has 1 aliphatic carbocycles. The van der Waals surface area contributed by atoms with Gasteiger partial charge in [0, 0.05) is 23.1 Å². The Morgan fingerprint density at radius 2 is 1.88 bits per heavy atom. The van der Waals surface area contributed by atoms with Gasteiger partial charge < -0.3 is 34.4 Å². The highest BCUT2D eigenvalue weighted by atomic mass is 16.7. The summed E-state index contributed by atoms with van der Waals surface area (Å²) in [5.74, 6) is -1.86. The van der Waals surface area contributed by atoms with Crippen molar-refractivity contribution in [2.45, 2.75) is 77.4 Å². The first-order chi connectivity index (χ1) is 19.0. The maximum atomic E-state index is 14.4. The molecule has 210 valence electrons. The molecule has 6 rings (SSSR count). The van der Waals surface area contributed by atoms with Gasteiger partial charge in [0.1, 0.15) is 29.3 Å². The minimum absolute atomic E-state index is 0.000771. The van der Waals surface area contributed by atoms with Crippen molar-refractivity contribution in [3.63, 3.8) is 0 Å². The number of phenolic OH excluding ortho intramolecular Hbond substituents is 1. The second-order valence-electron chi connectivity index (χ2n) is 11.0. The van der Waals surface area contributed by atoms with Crippen LogP contribution < -0.4 is 4.74 Å². The first-order valence-electron chi connectivity index (χ1n) is 13.5. The maximum absolute atomic E-state index is 14.4. The zero-order chi connectivity index (χ0) is 28.6. The Bertz CT molecular complexity index is 1470. The lowest BCUT2D eigenvalue weighted by Gasteiger charge is -2.40. The average Bonchev–Trinajstić information content (AvgIpc) is 3.26. The monoisotopic (exact) mass is 549 g/mol. The third kappa shape index (κ3) is 3.77. The van der Waals surface area contributed by atoms with Crippen LogP contribution >= 0.6 is 0 Å². The summed E-state index contributed by atoms with van der Waals surface area (Å²) < 4.78 is 17.5. The van der Waals surface area contributed by atoms with Crippen LogP contribution in [0.2, 0.25) is 0 Å². The lowest BCUT2D eigenvalue weighted by atomic mass is 9.77. The quantitative estimate of drug-likeness (QED) is 0.487. The number of benzene rings is 2. The van der Waals surface area contributed by atoms with E-state index < -0.39 is 54.4 Å². The zero-order valence-electron chi connectivity index (χ0n) is 22.6. The van der Waals surface area contributed by atoms with Gasteiger partial charge in [-0.25, -0.2) is 4.79 Å². The van der Waals surface area contributed by atoms with E-state index in [4.69, 9.17) is 14.2 Å². The number of ether oxygens (including phenoxy) is 3. The van der Waals surface area contributed by atoms with E-state index in [2.05, 4.69) is 0 Å². The van der Waals surface area contributed by atoms with Gasteiger partial charge in [0.25, 0.3) is 0 Å². The standard InChI is InChI=1S/C30H31NO9/c1-5-13(3)24-30(37)40-29-16-9-12(2)10-17(32)21(16)23-25(31(24)29)28(36)22-15(27(23)35)7-6-8-19(22)39-20-11-18(33)26(34)14(4)38-20/h6-10,13-14,18,20,24,26,29,32-34H,5,11H2,1-4H3/t13-,14-,18+,20+,24?,26-,29?/m0/s1. The summed E-state index contributed by atoms with van der Waals surface area (Å²) in [4.78, 5) is 43.4. The van der Waals surface area contributed by atoms with E-state index in [-0.39, 0.29) is 51.8 Å². The van der Waals surface area contributed by atoms with Crippen molar-refractivity contribution in [1.82, 2.24) is 4.90 Å². The van der Waals surface area contributed by atoms with Crippen LogP contribution in [-0.2, 0) is 14.3 Å². The van der Waals surface area contributed by atoms with E-state index in [0.717, 1.165) is 0 Å². The molecule has 0 aromatic heterocycles. The summed E-state index contributed by atoms with van der Waals surface area (Å²) in [6, 6.07) is 7.08. The van der Waals surface area contributed by atoms with Crippen molar-refractivity contribution in [1.29, 1.82) is 0 Å². The molecular formula is C30H31NO9. The highest BCUT2D eigenvalue weighted by molar-refractivity contribution is 6.41. The molecule has 3 heterocycles. The Labute approximate surface area is 230 Å². The summed E-state index contributed by atoms with van der Waals surface area (Å²) >= 11 is 0. The van der Waals surface area contributed by atoms with Crippen molar-refractivity contribution < 1.29 is 43.9 Å². The van der Waals surface area contributed by atoms with Crippen LogP contribution in [-0.4, -0.2) is 68.4 Å². The summed E-state index contributed by atoms with van der Waals surface area (Å²) in [6.45, 7) is 7.20. The molecule has 0 bridgehead atoms. The topological polar surface area (TPSA) is 143 Å². The first kappa shape index (κ1) is 26.5. The molecule has 2 aromatic rings. The van der Waals surface area contributed by atoms with Crippen LogP contribution in [0.1, 0.15) is 77.2 Å². The molecule has 10 heteroatoms. The number of aryl methyl sites for hydroxylation is 1. The molecule has 2 saturated heterocycles. The number of allylic oxidation sites excluding steroid dienone is 2. The fraction of sp³-hybridized carbons (Fsp3) is 0.433. The lowest BCUT2D eigenvalue weighted by Crippen LogP contribution is -2.48. The number of aliphatic hydroxyl groups excluding tert-OH is 2. The van der Waals surface area contributed by atoms with Crippen molar-refractivity contribution in [2.75, 3.05) is 0 Å². The number of fused-ring (bicyclic) bond motifs is 6. The predicted molar refractivity (Wildman–Crippen MR) is 140 cm³/mol. The number of aromatic hydroxyl groups is 1. The van der Waals surface area contributed by atoms with Crippen LogP contribution in [0.4, 0.5) is 0 Å². The fourth-order valence-electron chi connectivity index (χ4n) is 6.20. The number of esters is 1. The molecule has 4 aliphatic rings. The minimum atomic E-state index is -1.09. The first-order valence-corrected chi connectivity index (χ1v) is 13.5. The van der Waals surface area contributed by atoms with Crippen molar-refractivity contribution in [2.24, 2.45) is 5.92 Å². The van der Waals surface area contributed by atoms with E-state index in [9.17, 15) is 29.7 Å². The number of carbonyl (C=O) groups is 3. The summed E-state index contributed by atoms with van der Waals surface area (Å²) in [7, 11) is 0. The number of aliphatic hydroxyl groups is 2. The number of nitrogens with zero attached hydrogens (tertiary/aromatic N) is 1. The Morgan fingerprint density at radius 1 is 1.12 bits per heavy atom. The summed E-state index contributed by atoms with van der Waals surface area (Å²) in [6.07, 6.45) is -4.28. The van der Waals surface area contributed by atoms with E-state index >= 15 is 0 Å². The number of hydrogen-bond donors (Lipinski definition) is 3. The average molecular weight is 550 g/mol. The van der Waals surface area contributed by atoms with Crippen molar-refractivity contribution in [3.05, 3.63) is 63.8 Å². The van der Waals surface area contributed by atoms with Gasteiger partial charge in [-0.3, -0.25) is 9.59 Å². The molecule has 40 heavy (non-hydrogen) atoms. The van der Waals surface area contributed by atoms with Crippen LogP contribution in [0, 0.1) is 12.8 Å². The lowest BCUT2D eigenvalue weighted by molar-refractivity contribution is -0.216. The SMILES string of the molecule is CC[C@H](C)C1C(=O)OC2c3cc(C)cc(O)c3C3=C(C(=O)c4c(O[C@@H]5C[C@@H](O)[C@@H](O)[C@H](C)O5)cccc4C3=O)N21. The zero-order valence-corrected chi connectivity index (χ0v) is 22.6. The minimum Gasteiger partial charge on any atom is -0.507 e. The van der Waals surface area contributed by atoms with Gasteiger partial charge in [-0.05, 0) is 43.5 Å². The Balaban J connectivity index is 1.52. The van der Waals surface area contributed by atoms with Crippen LogP contribution in [0.5, 0.6) is 11.5 Å². The second kappa shape index (κ2) is 9.43. The molecule has 2 unspecified atom stereocenters. The Kier molecular flexibility index (Phi) is 6.25. The fourth-order valence-corrected chi connectivity index (χ4v) is 6.20. The van der Waals surface area contributed by atoms with E-state index in [1.54, 1.807) is 30.9 Å². The van der Waals surface area contributed by atoms with Gasteiger partial charge in [-0.1, -0.05) is 32.4 Å². The smallest absolute Gasteiger partial charge is 0.331 e. The van der Waals surface area contributed by atoms with Crippen molar-refractivity contribution in [3.8, 4) is 11.5 Å². The molecule has 2 fully saturated rings. The normalized spacial score (nSPS) is 29.9. The maximum Gasteiger partial charge on any atom is 0.331 e. The Hall–Kier alpha value is -3.73. The number of hydrogen-bond acceptors (Lipinski definition) is 10. The van der Waals surface area contributed by atoms with Gasteiger partial charge >= 0.3 is 5.97 Å². The largest absolute Gasteiger partial charge is 0.507 e. The molecule has 3 N–H and O–H groups in total. The molecule has 0 radical (unpaired) electrons. The third-order valence-electron chi connectivity index (χ3n) is 8.38. The molecule has 2 aromatic carbocycles.